The van der Waals surface area contributed by atoms with Gasteiger partial charge in [-0.15, -0.1) is 0 Å². The van der Waals surface area contributed by atoms with Crippen LogP contribution in [0.5, 0.6) is 0 Å². The lowest BCUT2D eigenvalue weighted by Crippen LogP contribution is -2.10. The molecule has 0 saturated heterocycles. The van der Waals surface area contributed by atoms with Crippen molar-refractivity contribution >= 4 is 34.1 Å². The standard InChI is InChI=1S/C41H38N2/c1-4-32-13-23-38(24-14-32)43(39-25-15-33(5-2)16-26-39)41-29-19-35(20-30-41)34-17-27-40(28-18-34)42(36-9-7-6-8-10-36)37-21-11-31(3)12-22-37/h6-30H,4-5H2,1-3H3. The molecule has 0 aliphatic rings. The zero-order valence-electron chi connectivity index (χ0n) is 25.2. The fourth-order valence-corrected chi connectivity index (χ4v) is 5.53. The zero-order chi connectivity index (χ0) is 29.6. The fraction of sp³-hybridized carbons (Fsp3) is 0.122. The number of nitrogens with zero attached hydrogens (tertiary/aromatic N) is 2. The summed E-state index contributed by atoms with van der Waals surface area (Å²) in [5.41, 5.74) is 13.2. The highest BCUT2D eigenvalue weighted by Gasteiger charge is 2.14. The summed E-state index contributed by atoms with van der Waals surface area (Å²) in [6.45, 7) is 6.52. The third-order valence-corrected chi connectivity index (χ3v) is 8.10. The first-order valence-corrected chi connectivity index (χ1v) is 15.2. The van der Waals surface area contributed by atoms with Gasteiger partial charge in [-0.3, -0.25) is 0 Å². The van der Waals surface area contributed by atoms with Crippen LogP contribution in [0.2, 0.25) is 0 Å². The average molecular weight is 559 g/mol. The Bertz CT molecular complexity index is 1690. The SMILES string of the molecule is CCc1ccc(N(c2ccc(CC)cc2)c2ccc(-c3ccc(N(c4ccccc4)c4ccc(C)cc4)cc3)cc2)cc1. The highest BCUT2D eigenvalue weighted by atomic mass is 15.1. The Hall–Kier alpha value is -5.08. The lowest BCUT2D eigenvalue weighted by Gasteiger charge is -2.26. The second kappa shape index (κ2) is 12.8. The van der Waals surface area contributed by atoms with E-state index in [9.17, 15) is 0 Å². The van der Waals surface area contributed by atoms with E-state index < -0.39 is 0 Å². The summed E-state index contributed by atoms with van der Waals surface area (Å²) < 4.78 is 0. The number of para-hydroxylation sites is 1. The number of benzene rings is 6. The normalized spacial score (nSPS) is 10.9. The molecule has 0 aliphatic heterocycles. The number of hydrogen-bond acceptors (Lipinski definition) is 2. The van der Waals surface area contributed by atoms with Gasteiger partial charge in [0.15, 0.2) is 0 Å². The van der Waals surface area contributed by atoms with Crippen molar-refractivity contribution < 1.29 is 0 Å². The molecule has 0 N–H and O–H groups in total. The third kappa shape index (κ3) is 6.24. The second-order valence-corrected chi connectivity index (χ2v) is 11.0. The van der Waals surface area contributed by atoms with Gasteiger partial charge in [-0.1, -0.05) is 98.3 Å². The molecular formula is C41H38N2. The number of aryl methyl sites for hydroxylation is 3. The summed E-state index contributed by atoms with van der Waals surface area (Å²) in [7, 11) is 0. The van der Waals surface area contributed by atoms with Crippen LogP contribution in [0.25, 0.3) is 11.1 Å². The largest absolute Gasteiger partial charge is 0.311 e. The molecule has 0 spiro atoms. The third-order valence-electron chi connectivity index (χ3n) is 8.10. The molecule has 2 nitrogen and oxygen atoms in total. The van der Waals surface area contributed by atoms with Gasteiger partial charge < -0.3 is 9.80 Å². The van der Waals surface area contributed by atoms with E-state index in [1.165, 1.54) is 27.8 Å². The van der Waals surface area contributed by atoms with Gasteiger partial charge in [0, 0.05) is 34.1 Å². The van der Waals surface area contributed by atoms with Gasteiger partial charge in [0.2, 0.25) is 0 Å². The van der Waals surface area contributed by atoms with E-state index >= 15 is 0 Å². The topological polar surface area (TPSA) is 6.48 Å². The molecule has 6 rings (SSSR count). The molecule has 0 unspecified atom stereocenters. The summed E-state index contributed by atoms with van der Waals surface area (Å²) in [4.78, 5) is 4.64. The molecule has 0 aromatic heterocycles. The van der Waals surface area contributed by atoms with Crippen LogP contribution >= 0.6 is 0 Å². The Morgan fingerprint density at radius 2 is 0.651 bits per heavy atom. The molecule has 0 amide bonds. The molecule has 6 aromatic rings. The first kappa shape index (κ1) is 28.1. The van der Waals surface area contributed by atoms with Gasteiger partial charge in [0.25, 0.3) is 0 Å². The Kier molecular flexibility index (Phi) is 8.38. The second-order valence-electron chi connectivity index (χ2n) is 11.0. The van der Waals surface area contributed by atoms with Crippen molar-refractivity contribution in [2.75, 3.05) is 9.80 Å². The van der Waals surface area contributed by atoms with Crippen LogP contribution in [0, 0.1) is 6.92 Å². The zero-order valence-corrected chi connectivity index (χ0v) is 25.2. The first-order valence-electron chi connectivity index (χ1n) is 15.2. The number of anilines is 6. The highest BCUT2D eigenvalue weighted by Crippen LogP contribution is 2.38. The van der Waals surface area contributed by atoms with Gasteiger partial charge in [0.05, 0.1) is 0 Å². The van der Waals surface area contributed by atoms with Crippen molar-refractivity contribution in [2.24, 2.45) is 0 Å². The van der Waals surface area contributed by atoms with Crippen molar-refractivity contribution in [3.63, 3.8) is 0 Å². The molecule has 212 valence electrons. The van der Waals surface area contributed by atoms with Crippen molar-refractivity contribution in [3.05, 3.63) is 168 Å². The molecular weight excluding hydrogens is 520 g/mol. The van der Waals surface area contributed by atoms with E-state index in [-0.39, 0.29) is 0 Å². The van der Waals surface area contributed by atoms with Crippen molar-refractivity contribution in [1.82, 2.24) is 0 Å². The number of rotatable bonds is 9. The summed E-state index contributed by atoms with van der Waals surface area (Å²) in [5.74, 6) is 0. The van der Waals surface area contributed by atoms with Crippen LogP contribution in [0.1, 0.15) is 30.5 Å². The molecule has 0 aliphatic carbocycles. The van der Waals surface area contributed by atoms with Crippen LogP contribution in [0.4, 0.5) is 34.1 Å². The van der Waals surface area contributed by atoms with Crippen LogP contribution in [0.3, 0.4) is 0 Å². The van der Waals surface area contributed by atoms with Crippen LogP contribution in [-0.4, -0.2) is 0 Å². The van der Waals surface area contributed by atoms with E-state index in [4.69, 9.17) is 0 Å². The maximum atomic E-state index is 2.34. The molecule has 6 aromatic carbocycles. The highest BCUT2D eigenvalue weighted by molar-refractivity contribution is 5.80. The predicted octanol–water partition coefficient (Wildman–Crippen LogP) is 11.7. The molecule has 0 fully saturated rings. The number of hydrogen-bond donors (Lipinski definition) is 0. The quantitative estimate of drug-likeness (QED) is 0.174. The molecule has 0 bridgehead atoms. The Balaban J connectivity index is 1.31. The van der Waals surface area contributed by atoms with E-state index in [0.29, 0.717) is 0 Å². The van der Waals surface area contributed by atoms with Gasteiger partial charge >= 0.3 is 0 Å². The van der Waals surface area contributed by atoms with Crippen molar-refractivity contribution in [2.45, 2.75) is 33.6 Å². The summed E-state index contributed by atoms with van der Waals surface area (Å²) in [6.07, 6.45) is 2.07. The minimum absolute atomic E-state index is 1.03. The Labute approximate surface area is 256 Å². The van der Waals surface area contributed by atoms with Crippen molar-refractivity contribution in [1.29, 1.82) is 0 Å². The van der Waals surface area contributed by atoms with Gasteiger partial charge in [-0.05, 0) is 115 Å². The Morgan fingerprint density at radius 3 is 1.00 bits per heavy atom. The maximum Gasteiger partial charge on any atom is 0.0462 e. The van der Waals surface area contributed by atoms with Crippen LogP contribution < -0.4 is 9.80 Å². The van der Waals surface area contributed by atoms with Gasteiger partial charge in [-0.25, -0.2) is 0 Å². The molecule has 0 saturated carbocycles. The predicted molar refractivity (Wildman–Crippen MR) is 185 cm³/mol. The Morgan fingerprint density at radius 1 is 0.349 bits per heavy atom. The van der Waals surface area contributed by atoms with Gasteiger partial charge in [0.1, 0.15) is 0 Å². The maximum absolute atomic E-state index is 2.34. The first-order chi connectivity index (χ1) is 21.1. The molecule has 0 radical (unpaired) electrons. The molecule has 2 heteroatoms. The lowest BCUT2D eigenvalue weighted by atomic mass is 10.0. The van der Waals surface area contributed by atoms with Gasteiger partial charge in [-0.2, -0.15) is 0 Å². The molecule has 0 heterocycles. The van der Waals surface area contributed by atoms with E-state index in [2.05, 4.69) is 182 Å². The van der Waals surface area contributed by atoms with E-state index in [0.717, 1.165) is 47.0 Å². The molecule has 0 atom stereocenters. The smallest absolute Gasteiger partial charge is 0.0462 e. The summed E-state index contributed by atoms with van der Waals surface area (Å²) in [5, 5.41) is 0. The minimum Gasteiger partial charge on any atom is -0.311 e. The van der Waals surface area contributed by atoms with Crippen LogP contribution in [0.15, 0.2) is 152 Å². The average Bonchev–Trinajstić information content (AvgIpc) is 3.08. The molecule has 43 heavy (non-hydrogen) atoms. The van der Waals surface area contributed by atoms with Crippen LogP contribution in [-0.2, 0) is 12.8 Å². The van der Waals surface area contributed by atoms with E-state index in [1.54, 1.807) is 0 Å². The summed E-state index contributed by atoms with van der Waals surface area (Å²) in [6, 6.07) is 54.9. The summed E-state index contributed by atoms with van der Waals surface area (Å²) >= 11 is 0. The minimum atomic E-state index is 1.03. The monoisotopic (exact) mass is 558 g/mol. The fourth-order valence-electron chi connectivity index (χ4n) is 5.53. The van der Waals surface area contributed by atoms with Crippen molar-refractivity contribution in [3.8, 4) is 11.1 Å². The van der Waals surface area contributed by atoms with E-state index in [1.807, 2.05) is 0 Å². The lowest BCUT2D eigenvalue weighted by molar-refractivity contribution is 1.13.